The molecule has 100 valence electrons. The number of alkyl halides is 1. The first-order valence-corrected chi connectivity index (χ1v) is 5.52. The number of halogens is 2. The van der Waals surface area contributed by atoms with Crippen LogP contribution in [-0.2, 0) is 4.74 Å². The van der Waals surface area contributed by atoms with E-state index in [1.54, 1.807) is 0 Å². The molecule has 1 aromatic heterocycles. The summed E-state index contributed by atoms with van der Waals surface area (Å²) in [6, 6.07) is 0. The van der Waals surface area contributed by atoms with Crippen molar-refractivity contribution >= 4 is 17.4 Å². The number of hydrogen-bond donors (Lipinski definition) is 3. The highest BCUT2D eigenvalue weighted by Gasteiger charge is 2.43. The molecule has 0 aromatic carbocycles. The Bertz CT molecular complexity index is 511. The van der Waals surface area contributed by atoms with E-state index in [-0.39, 0.29) is 0 Å². The van der Waals surface area contributed by atoms with Gasteiger partial charge in [0.05, 0.1) is 12.8 Å². The van der Waals surface area contributed by atoms with Crippen molar-refractivity contribution in [3.63, 3.8) is 0 Å². The summed E-state index contributed by atoms with van der Waals surface area (Å²) in [5, 5.41) is 17.6. The van der Waals surface area contributed by atoms with Gasteiger partial charge in [0.25, 0.3) is 0 Å². The zero-order valence-electron chi connectivity index (χ0n) is 9.03. The Kier molecular flexibility index (Phi) is 3.53. The quantitative estimate of drug-likeness (QED) is 0.588. The molecule has 1 aromatic rings. The number of anilines is 1. The summed E-state index contributed by atoms with van der Waals surface area (Å²) in [7, 11) is 0. The van der Waals surface area contributed by atoms with Crippen molar-refractivity contribution < 1.29 is 19.3 Å². The van der Waals surface area contributed by atoms with Crippen LogP contribution in [0.15, 0.2) is 11.0 Å². The molecule has 0 amide bonds. The van der Waals surface area contributed by atoms with E-state index < -0.39 is 47.7 Å². The standard InChI is InChI=1S/C9H11ClFN3O4/c10-5-6(16)4(2-15)18-8(5)14-1-3(11)7(12)13-9(14)17/h1,4-6,8,15-16H,2H2,(H2,12,13,17)/t4-,5+,6-,8-/m1/s1. The lowest BCUT2D eigenvalue weighted by Gasteiger charge is -2.16. The molecular weight excluding hydrogens is 269 g/mol. The van der Waals surface area contributed by atoms with Crippen LogP contribution in [-0.4, -0.2) is 44.0 Å². The van der Waals surface area contributed by atoms with Gasteiger partial charge in [-0.2, -0.15) is 4.98 Å². The molecule has 1 saturated heterocycles. The van der Waals surface area contributed by atoms with Crippen LogP contribution < -0.4 is 11.4 Å². The van der Waals surface area contributed by atoms with E-state index in [9.17, 15) is 14.3 Å². The van der Waals surface area contributed by atoms with Gasteiger partial charge in [-0.15, -0.1) is 11.6 Å². The first-order valence-electron chi connectivity index (χ1n) is 5.08. The van der Waals surface area contributed by atoms with Crippen molar-refractivity contribution in [2.75, 3.05) is 12.3 Å². The number of nitrogen functional groups attached to an aromatic ring is 1. The maximum Gasteiger partial charge on any atom is 0.351 e. The molecule has 2 rings (SSSR count). The molecule has 18 heavy (non-hydrogen) atoms. The minimum absolute atomic E-state index is 0.472. The van der Waals surface area contributed by atoms with Crippen molar-refractivity contribution in [1.29, 1.82) is 0 Å². The predicted octanol–water partition coefficient (Wildman–Crippen LogP) is -1.18. The van der Waals surface area contributed by atoms with Crippen LogP contribution in [0.1, 0.15) is 6.23 Å². The summed E-state index contributed by atoms with van der Waals surface area (Å²) in [5.74, 6) is -1.43. The number of nitrogens with zero attached hydrogens (tertiary/aromatic N) is 2. The SMILES string of the molecule is Nc1nc(=O)n([C@@H]2O[C@H](CO)[C@@H](O)[C@@H]2Cl)cc1F. The Morgan fingerprint density at radius 2 is 2.33 bits per heavy atom. The van der Waals surface area contributed by atoms with Gasteiger partial charge in [0.15, 0.2) is 17.9 Å². The molecule has 0 radical (unpaired) electrons. The Labute approximate surface area is 106 Å². The fraction of sp³-hybridized carbons (Fsp3) is 0.556. The first kappa shape index (κ1) is 13.2. The number of hydrogen-bond acceptors (Lipinski definition) is 6. The monoisotopic (exact) mass is 279 g/mol. The van der Waals surface area contributed by atoms with Crippen LogP contribution >= 0.6 is 11.6 Å². The van der Waals surface area contributed by atoms with Crippen molar-refractivity contribution in [2.45, 2.75) is 23.8 Å². The van der Waals surface area contributed by atoms with Gasteiger partial charge >= 0.3 is 5.69 Å². The third-order valence-corrected chi connectivity index (χ3v) is 3.16. The molecule has 1 aliphatic heterocycles. The second-order valence-electron chi connectivity index (χ2n) is 3.85. The van der Waals surface area contributed by atoms with E-state index in [1.807, 2.05) is 0 Å². The highest BCUT2D eigenvalue weighted by molar-refractivity contribution is 6.21. The third kappa shape index (κ3) is 2.07. The lowest BCUT2D eigenvalue weighted by molar-refractivity contribution is -0.0459. The fourth-order valence-electron chi connectivity index (χ4n) is 1.72. The van der Waals surface area contributed by atoms with E-state index in [0.29, 0.717) is 0 Å². The van der Waals surface area contributed by atoms with Gasteiger partial charge in [-0.05, 0) is 0 Å². The summed E-state index contributed by atoms with van der Waals surface area (Å²) in [6.07, 6.45) is -2.43. The van der Waals surface area contributed by atoms with E-state index in [4.69, 9.17) is 27.2 Å². The lowest BCUT2D eigenvalue weighted by atomic mass is 10.2. The van der Waals surface area contributed by atoms with Crippen LogP contribution in [0.3, 0.4) is 0 Å². The molecule has 0 aliphatic carbocycles. The van der Waals surface area contributed by atoms with Gasteiger partial charge in [0, 0.05) is 0 Å². The van der Waals surface area contributed by atoms with Crippen LogP contribution in [0, 0.1) is 5.82 Å². The van der Waals surface area contributed by atoms with Crippen molar-refractivity contribution in [3.05, 3.63) is 22.5 Å². The van der Waals surface area contributed by atoms with E-state index in [1.165, 1.54) is 0 Å². The fourth-order valence-corrected chi connectivity index (χ4v) is 2.06. The van der Waals surface area contributed by atoms with Crippen molar-refractivity contribution in [2.24, 2.45) is 0 Å². The van der Waals surface area contributed by atoms with Crippen LogP contribution in [0.2, 0.25) is 0 Å². The largest absolute Gasteiger partial charge is 0.394 e. The zero-order chi connectivity index (χ0) is 13.4. The smallest absolute Gasteiger partial charge is 0.351 e. The number of aliphatic hydroxyl groups is 2. The Balaban J connectivity index is 2.39. The number of nitrogens with two attached hydrogens (primary N) is 1. The van der Waals surface area contributed by atoms with E-state index in [2.05, 4.69) is 4.98 Å². The number of aromatic nitrogens is 2. The maximum atomic E-state index is 13.3. The average molecular weight is 280 g/mol. The minimum atomic E-state index is -1.17. The molecule has 7 nitrogen and oxygen atoms in total. The summed E-state index contributed by atoms with van der Waals surface area (Å²) in [5.41, 5.74) is 4.29. The summed E-state index contributed by atoms with van der Waals surface area (Å²) in [4.78, 5) is 14.8. The lowest BCUT2D eigenvalue weighted by Crippen LogP contribution is -2.33. The van der Waals surface area contributed by atoms with Gasteiger partial charge in [0.1, 0.15) is 17.6 Å². The van der Waals surface area contributed by atoms with Crippen LogP contribution in [0.5, 0.6) is 0 Å². The highest BCUT2D eigenvalue weighted by Crippen LogP contribution is 2.32. The summed E-state index contributed by atoms with van der Waals surface area (Å²) >= 11 is 5.87. The highest BCUT2D eigenvalue weighted by atomic mass is 35.5. The number of rotatable bonds is 2. The van der Waals surface area contributed by atoms with E-state index in [0.717, 1.165) is 10.8 Å². The molecule has 1 fully saturated rings. The molecule has 2 heterocycles. The molecule has 4 atom stereocenters. The topological polar surface area (TPSA) is 111 Å². The second kappa shape index (κ2) is 4.81. The Morgan fingerprint density at radius 1 is 1.67 bits per heavy atom. The molecule has 4 N–H and O–H groups in total. The molecular formula is C9H11ClFN3O4. The van der Waals surface area contributed by atoms with Gasteiger partial charge in [-0.3, -0.25) is 4.57 Å². The summed E-state index contributed by atoms with van der Waals surface area (Å²) in [6.45, 7) is -0.472. The van der Waals surface area contributed by atoms with Gasteiger partial charge in [-0.1, -0.05) is 0 Å². The second-order valence-corrected chi connectivity index (χ2v) is 4.35. The third-order valence-electron chi connectivity index (χ3n) is 2.68. The molecule has 0 spiro atoms. The predicted molar refractivity (Wildman–Crippen MR) is 59.5 cm³/mol. The summed E-state index contributed by atoms with van der Waals surface area (Å²) < 4.78 is 19.2. The molecule has 0 unspecified atom stereocenters. The van der Waals surface area contributed by atoms with Gasteiger partial charge < -0.3 is 20.7 Å². The molecule has 0 bridgehead atoms. The van der Waals surface area contributed by atoms with Crippen LogP contribution in [0.25, 0.3) is 0 Å². The van der Waals surface area contributed by atoms with Crippen LogP contribution in [0.4, 0.5) is 10.2 Å². The molecule has 9 heteroatoms. The van der Waals surface area contributed by atoms with E-state index >= 15 is 0 Å². The molecule has 1 aliphatic rings. The maximum absolute atomic E-state index is 13.3. The van der Waals surface area contributed by atoms with Crippen molar-refractivity contribution in [1.82, 2.24) is 9.55 Å². The normalized spacial score (nSPS) is 31.8. The Hall–Kier alpha value is -1.22. The minimum Gasteiger partial charge on any atom is -0.394 e. The Morgan fingerprint density at radius 3 is 2.89 bits per heavy atom. The zero-order valence-corrected chi connectivity index (χ0v) is 9.79. The average Bonchev–Trinajstić information content (AvgIpc) is 2.61. The van der Waals surface area contributed by atoms with Gasteiger partial charge in [0.2, 0.25) is 0 Å². The van der Waals surface area contributed by atoms with Crippen molar-refractivity contribution in [3.8, 4) is 0 Å². The first-order chi connectivity index (χ1) is 8.45. The number of ether oxygens (including phenoxy) is 1. The molecule has 0 saturated carbocycles. The van der Waals surface area contributed by atoms with Gasteiger partial charge in [-0.25, -0.2) is 9.18 Å². The number of aliphatic hydroxyl groups excluding tert-OH is 2.